The molecule has 1 aromatic rings. The number of guanidine groups is 1. The van der Waals surface area contributed by atoms with Crippen molar-refractivity contribution in [2.24, 2.45) is 4.99 Å². The van der Waals surface area contributed by atoms with E-state index in [1.165, 1.54) is 25.9 Å². The molecule has 3 aliphatic heterocycles. The van der Waals surface area contributed by atoms with E-state index in [2.05, 4.69) is 30.4 Å². The van der Waals surface area contributed by atoms with Crippen LogP contribution in [0.2, 0.25) is 5.02 Å². The van der Waals surface area contributed by atoms with Crippen LogP contribution in [0.3, 0.4) is 0 Å². The predicted molar refractivity (Wildman–Crippen MR) is 133 cm³/mol. The molecule has 0 bridgehead atoms. The van der Waals surface area contributed by atoms with Gasteiger partial charge in [-0.3, -0.25) is 9.89 Å². The van der Waals surface area contributed by atoms with Crippen LogP contribution < -0.4 is 15.5 Å². The highest BCUT2D eigenvalue weighted by molar-refractivity contribution is 14.0. The Balaban J connectivity index is 0.00000256. The number of hydrogen-bond donors (Lipinski definition) is 2. The SMILES string of the molecule is CN=C(NCC1(N2CCCC2)CCOCC1)NC1CCN(c2ncccc2Cl)C1.I. The molecule has 0 spiro atoms. The summed E-state index contributed by atoms with van der Waals surface area (Å²) in [6, 6.07) is 4.10. The van der Waals surface area contributed by atoms with Crippen molar-refractivity contribution < 1.29 is 4.74 Å². The molecule has 3 saturated heterocycles. The van der Waals surface area contributed by atoms with Crippen LogP contribution in [0.25, 0.3) is 0 Å². The van der Waals surface area contributed by atoms with Crippen molar-refractivity contribution in [2.45, 2.75) is 43.7 Å². The standard InChI is InChI=1S/C21H33ClN6O.HI/c1-23-20(25-16-21(7-13-29-14-8-21)28-10-2-3-11-28)26-17-6-12-27(15-17)19-18(22)5-4-9-24-19;/h4-5,9,17H,2-3,6-8,10-16H2,1H3,(H2,23,25,26);1H. The Hall–Kier alpha value is -0.840. The lowest BCUT2D eigenvalue weighted by atomic mass is 9.88. The second-order valence-electron chi connectivity index (χ2n) is 8.34. The fraction of sp³-hybridized carbons (Fsp3) is 0.714. The Morgan fingerprint density at radius 3 is 2.77 bits per heavy atom. The van der Waals surface area contributed by atoms with Crippen molar-refractivity contribution in [1.29, 1.82) is 0 Å². The number of halogens is 2. The number of pyridine rings is 1. The number of nitrogens with one attached hydrogen (secondary N) is 2. The molecule has 3 fully saturated rings. The Morgan fingerprint density at radius 2 is 2.07 bits per heavy atom. The van der Waals surface area contributed by atoms with E-state index in [0.29, 0.717) is 11.1 Å². The summed E-state index contributed by atoms with van der Waals surface area (Å²) in [4.78, 5) is 13.9. The maximum Gasteiger partial charge on any atom is 0.191 e. The molecule has 168 valence electrons. The van der Waals surface area contributed by atoms with E-state index in [4.69, 9.17) is 16.3 Å². The van der Waals surface area contributed by atoms with Gasteiger partial charge in [-0.15, -0.1) is 24.0 Å². The molecule has 0 saturated carbocycles. The zero-order valence-electron chi connectivity index (χ0n) is 17.8. The molecule has 4 rings (SSSR count). The summed E-state index contributed by atoms with van der Waals surface area (Å²) in [5.41, 5.74) is 0.190. The van der Waals surface area contributed by atoms with E-state index in [-0.39, 0.29) is 29.5 Å². The maximum absolute atomic E-state index is 6.32. The monoisotopic (exact) mass is 548 g/mol. The van der Waals surface area contributed by atoms with Crippen LogP contribution in [0.15, 0.2) is 23.3 Å². The topological polar surface area (TPSA) is 65.0 Å². The first-order valence-electron chi connectivity index (χ1n) is 10.9. The van der Waals surface area contributed by atoms with Crippen LogP contribution in [0.5, 0.6) is 0 Å². The Kier molecular flexibility index (Phi) is 8.85. The van der Waals surface area contributed by atoms with Gasteiger partial charge < -0.3 is 20.3 Å². The van der Waals surface area contributed by atoms with E-state index in [1.54, 1.807) is 6.20 Å². The average Bonchev–Trinajstić information content (AvgIpc) is 3.45. The van der Waals surface area contributed by atoms with E-state index in [9.17, 15) is 0 Å². The summed E-state index contributed by atoms with van der Waals surface area (Å²) in [5.74, 6) is 1.76. The molecule has 0 amide bonds. The first-order chi connectivity index (χ1) is 14.2. The molecule has 1 aromatic heterocycles. The fourth-order valence-corrected chi connectivity index (χ4v) is 5.11. The molecule has 3 aliphatic rings. The lowest BCUT2D eigenvalue weighted by molar-refractivity contribution is -0.0164. The molecule has 1 unspecified atom stereocenters. The van der Waals surface area contributed by atoms with Gasteiger partial charge in [0.1, 0.15) is 5.82 Å². The van der Waals surface area contributed by atoms with E-state index < -0.39 is 0 Å². The fourth-order valence-electron chi connectivity index (χ4n) is 4.86. The Morgan fingerprint density at radius 1 is 1.30 bits per heavy atom. The third kappa shape index (κ3) is 5.49. The second kappa shape index (κ2) is 11.2. The lowest BCUT2D eigenvalue weighted by Crippen LogP contribution is -2.59. The Bertz CT molecular complexity index is 708. The van der Waals surface area contributed by atoms with Gasteiger partial charge in [0, 0.05) is 57.7 Å². The Labute approximate surface area is 202 Å². The molecule has 0 radical (unpaired) electrons. The minimum Gasteiger partial charge on any atom is -0.381 e. The van der Waals surface area contributed by atoms with Crippen LogP contribution in [-0.4, -0.2) is 80.4 Å². The molecule has 4 heterocycles. The summed E-state index contributed by atoms with van der Waals surface area (Å²) in [6.45, 7) is 6.85. The van der Waals surface area contributed by atoms with E-state index in [1.807, 2.05) is 19.2 Å². The first-order valence-corrected chi connectivity index (χ1v) is 11.2. The zero-order valence-corrected chi connectivity index (χ0v) is 20.9. The normalized spacial score (nSPS) is 24.5. The third-order valence-electron chi connectivity index (χ3n) is 6.58. The zero-order chi connectivity index (χ0) is 20.1. The molecule has 1 atom stereocenters. The number of likely N-dealkylation sites (tertiary alicyclic amines) is 1. The first kappa shape index (κ1) is 23.8. The largest absolute Gasteiger partial charge is 0.381 e. The number of ether oxygens (including phenoxy) is 1. The molecular formula is C21H34ClIN6O. The molecule has 9 heteroatoms. The van der Waals surface area contributed by atoms with Gasteiger partial charge >= 0.3 is 0 Å². The predicted octanol–water partition coefficient (Wildman–Crippen LogP) is 2.74. The van der Waals surface area contributed by atoms with Crippen LogP contribution in [0, 0.1) is 0 Å². The van der Waals surface area contributed by atoms with Crippen LogP contribution in [0.1, 0.15) is 32.1 Å². The number of rotatable bonds is 5. The van der Waals surface area contributed by atoms with Gasteiger partial charge in [0.25, 0.3) is 0 Å². The third-order valence-corrected chi connectivity index (χ3v) is 6.87. The second-order valence-corrected chi connectivity index (χ2v) is 8.75. The van der Waals surface area contributed by atoms with Gasteiger partial charge in [-0.25, -0.2) is 4.98 Å². The molecule has 30 heavy (non-hydrogen) atoms. The van der Waals surface area contributed by atoms with Crippen molar-refractivity contribution in [3.05, 3.63) is 23.4 Å². The van der Waals surface area contributed by atoms with Gasteiger partial charge in [-0.05, 0) is 57.3 Å². The number of nitrogens with zero attached hydrogens (tertiary/aromatic N) is 4. The van der Waals surface area contributed by atoms with Crippen LogP contribution in [-0.2, 0) is 4.74 Å². The van der Waals surface area contributed by atoms with Crippen molar-refractivity contribution in [3.8, 4) is 0 Å². The highest BCUT2D eigenvalue weighted by Crippen LogP contribution is 2.31. The van der Waals surface area contributed by atoms with Crippen LogP contribution >= 0.6 is 35.6 Å². The van der Waals surface area contributed by atoms with Gasteiger partial charge in [0.05, 0.1) is 5.02 Å². The van der Waals surface area contributed by atoms with Crippen LogP contribution in [0.4, 0.5) is 5.82 Å². The molecule has 2 N–H and O–H groups in total. The summed E-state index contributed by atoms with van der Waals surface area (Å²) < 4.78 is 5.67. The maximum atomic E-state index is 6.32. The molecule has 0 aromatic carbocycles. The highest BCUT2D eigenvalue weighted by atomic mass is 127. The summed E-state index contributed by atoms with van der Waals surface area (Å²) in [7, 11) is 1.85. The van der Waals surface area contributed by atoms with Crippen molar-refractivity contribution in [1.82, 2.24) is 20.5 Å². The van der Waals surface area contributed by atoms with Gasteiger partial charge in [0.15, 0.2) is 5.96 Å². The quantitative estimate of drug-likeness (QED) is 0.335. The molecule has 0 aliphatic carbocycles. The van der Waals surface area contributed by atoms with Gasteiger partial charge in [-0.1, -0.05) is 11.6 Å². The van der Waals surface area contributed by atoms with Crippen molar-refractivity contribution in [2.75, 3.05) is 57.9 Å². The average molecular weight is 549 g/mol. The summed E-state index contributed by atoms with van der Waals surface area (Å²) in [5, 5.41) is 7.95. The van der Waals surface area contributed by atoms with Gasteiger partial charge in [0.2, 0.25) is 0 Å². The smallest absolute Gasteiger partial charge is 0.191 e. The number of anilines is 1. The van der Waals surface area contributed by atoms with E-state index >= 15 is 0 Å². The molecular weight excluding hydrogens is 515 g/mol. The molecule has 7 nitrogen and oxygen atoms in total. The summed E-state index contributed by atoms with van der Waals surface area (Å²) >= 11 is 6.32. The van der Waals surface area contributed by atoms with Gasteiger partial charge in [-0.2, -0.15) is 0 Å². The van der Waals surface area contributed by atoms with E-state index in [0.717, 1.165) is 63.9 Å². The number of aromatic nitrogens is 1. The minimum absolute atomic E-state index is 0. The lowest BCUT2D eigenvalue weighted by Gasteiger charge is -2.45. The summed E-state index contributed by atoms with van der Waals surface area (Å²) in [6.07, 6.45) is 7.64. The van der Waals surface area contributed by atoms with Crippen molar-refractivity contribution in [3.63, 3.8) is 0 Å². The number of hydrogen-bond acceptors (Lipinski definition) is 5. The number of aliphatic imine (C=N–C) groups is 1. The highest BCUT2D eigenvalue weighted by Gasteiger charge is 2.39. The minimum atomic E-state index is 0. The van der Waals surface area contributed by atoms with Crippen molar-refractivity contribution >= 4 is 47.4 Å².